The molecule has 0 saturated heterocycles. The molecule has 0 amide bonds. The third kappa shape index (κ3) is 3.04. The van der Waals surface area contributed by atoms with Gasteiger partial charge in [-0.15, -0.1) is 0 Å². The molecule has 1 aromatic heterocycles. The smallest absolute Gasteiger partial charge is 0.330 e. The fourth-order valence-corrected chi connectivity index (χ4v) is 1.77. The second-order valence-electron chi connectivity index (χ2n) is 3.94. The number of hydrogen-bond acceptors (Lipinski definition) is 4. The molecule has 0 spiro atoms. The van der Waals surface area contributed by atoms with E-state index in [0.717, 1.165) is 12.8 Å². The minimum atomic E-state index is -0.529. The van der Waals surface area contributed by atoms with Crippen molar-refractivity contribution in [2.24, 2.45) is 5.73 Å². The molecule has 2 aromatic rings. The van der Waals surface area contributed by atoms with Crippen molar-refractivity contribution >= 4 is 0 Å². The fourth-order valence-electron chi connectivity index (χ4n) is 1.77. The Balaban J connectivity index is 1.99. The molecule has 0 saturated carbocycles. The first-order valence-corrected chi connectivity index (χ1v) is 5.59. The van der Waals surface area contributed by atoms with E-state index in [9.17, 15) is 4.79 Å². The van der Waals surface area contributed by atoms with Crippen LogP contribution in [-0.2, 0) is 6.42 Å². The first-order valence-electron chi connectivity index (χ1n) is 5.59. The summed E-state index contributed by atoms with van der Waals surface area (Å²) >= 11 is 0. The number of aromatic nitrogens is 2. The summed E-state index contributed by atoms with van der Waals surface area (Å²) in [6.45, 7) is 0.440. The van der Waals surface area contributed by atoms with E-state index in [1.165, 1.54) is 5.56 Å². The lowest BCUT2D eigenvalue weighted by molar-refractivity contribution is 0.376. The zero-order valence-electron chi connectivity index (χ0n) is 9.43. The molecule has 1 aromatic carbocycles. The van der Waals surface area contributed by atoms with Crippen LogP contribution in [0.2, 0.25) is 0 Å². The molecular weight excluding hydrogens is 218 g/mol. The van der Waals surface area contributed by atoms with Crippen LogP contribution in [0.5, 0.6) is 0 Å². The van der Waals surface area contributed by atoms with Crippen molar-refractivity contribution in [1.82, 2.24) is 10.1 Å². The van der Waals surface area contributed by atoms with Gasteiger partial charge in [0.25, 0.3) is 0 Å². The lowest BCUT2D eigenvalue weighted by Crippen LogP contribution is -2.15. The lowest BCUT2D eigenvalue weighted by atomic mass is 9.99. The second kappa shape index (κ2) is 5.45. The molecule has 2 rings (SSSR count). The van der Waals surface area contributed by atoms with Crippen molar-refractivity contribution < 1.29 is 4.52 Å². The predicted octanol–water partition coefficient (Wildman–Crippen LogP) is 1.04. The summed E-state index contributed by atoms with van der Waals surface area (Å²) in [5, 5.41) is 3.68. The van der Waals surface area contributed by atoms with E-state index in [2.05, 4.69) is 26.8 Å². The highest BCUT2D eigenvalue weighted by Crippen LogP contribution is 2.16. The van der Waals surface area contributed by atoms with Crippen molar-refractivity contribution in [3.63, 3.8) is 0 Å². The normalized spacial score (nSPS) is 12.5. The zero-order valence-corrected chi connectivity index (χ0v) is 9.43. The van der Waals surface area contributed by atoms with Gasteiger partial charge in [-0.2, -0.15) is 0 Å². The van der Waals surface area contributed by atoms with Crippen LogP contribution in [0.4, 0.5) is 0 Å². The van der Waals surface area contributed by atoms with Crippen LogP contribution in [0.3, 0.4) is 0 Å². The van der Waals surface area contributed by atoms with E-state index in [1.54, 1.807) is 0 Å². The monoisotopic (exact) mass is 233 g/mol. The van der Waals surface area contributed by atoms with Crippen LogP contribution in [0, 0.1) is 0 Å². The van der Waals surface area contributed by atoms with Gasteiger partial charge in [0.05, 0.1) is 0 Å². The van der Waals surface area contributed by atoms with Gasteiger partial charge in [-0.25, -0.2) is 4.79 Å². The van der Waals surface area contributed by atoms with Gasteiger partial charge in [-0.3, -0.25) is 9.51 Å². The first kappa shape index (κ1) is 11.6. The van der Waals surface area contributed by atoms with Gasteiger partial charge >= 0.3 is 5.76 Å². The number of nitrogens with two attached hydrogens (primary N) is 1. The average molecular weight is 233 g/mol. The summed E-state index contributed by atoms with van der Waals surface area (Å²) in [5.41, 5.74) is 6.92. The summed E-state index contributed by atoms with van der Waals surface area (Å²) in [7, 11) is 0. The molecule has 90 valence electrons. The summed E-state index contributed by atoms with van der Waals surface area (Å²) in [4.78, 5) is 13.4. The number of benzene rings is 1. The van der Waals surface area contributed by atoms with E-state index in [0.29, 0.717) is 12.4 Å². The predicted molar refractivity (Wildman–Crippen MR) is 63.7 cm³/mol. The Kier molecular flexibility index (Phi) is 3.72. The van der Waals surface area contributed by atoms with Crippen molar-refractivity contribution in [3.8, 4) is 0 Å². The Bertz CT molecular complexity index is 504. The summed E-state index contributed by atoms with van der Waals surface area (Å²) in [6, 6.07) is 10.1. The molecule has 0 aliphatic rings. The minimum absolute atomic E-state index is 0.0293. The third-order valence-electron chi connectivity index (χ3n) is 2.75. The summed E-state index contributed by atoms with van der Waals surface area (Å²) < 4.78 is 4.48. The quantitative estimate of drug-likeness (QED) is 0.808. The molecule has 0 bridgehead atoms. The number of H-pyrrole nitrogens is 1. The van der Waals surface area contributed by atoms with Gasteiger partial charge in [0.1, 0.15) is 0 Å². The average Bonchev–Trinajstić information content (AvgIpc) is 2.78. The Morgan fingerprint density at radius 1 is 1.35 bits per heavy atom. The van der Waals surface area contributed by atoms with Crippen molar-refractivity contribution in [2.45, 2.75) is 18.8 Å². The van der Waals surface area contributed by atoms with Crippen molar-refractivity contribution in [2.75, 3.05) is 6.54 Å². The molecule has 0 radical (unpaired) electrons. The topological polar surface area (TPSA) is 84.9 Å². The lowest BCUT2D eigenvalue weighted by Gasteiger charge is -2.10. The number of nitrogens with zero attached hydrogens (tertiary/aromatic N) is 1. The molecule has 0 aliphatic carbocycles. The van der Waals surface area contributed by atoms with E-state index in [1.807, 2.05) is 18.2 Å². The SMILES string of the molecule is NCC(CCc1ccccc1)c1noc(=O)[nH]1. The highest BCUT2D eigenvalue weighted by molar-refractivity contribution is 5.15. The zero-order chi connectivity index (χ0) is 12.1. The van der Waals surface area contributed by atoms with Crippen molar-refractivity contribution in [3.05, 3.63) is 52.3 Å². The van der Waals surface area contributed by atoms with Crippen LogP contribution in [0.25, 0.3) is 0 Å². The molecule has 3 N–H and O–H groups in total. The Morgan fingerprint density at radius 2 is 2.12 bits per heavy atom. The van der Waals surface area contributed by atoms with E-state index in [-0.39, 0.29) is 5.92 Å². The summed E-state index contributed by atoms with van der Waals surface area (Å²) in [6.07, 6.45) is 1.74. The van der Waals surface area contributed by atoms with E-state index >= 15 is 0 Å². The standard InChI is InChI=1S/C12H15N3O2/c13-8-10(11-14-12(16)17-15-11)7-6-9-4-2-1-3-5-9/h1-5,10H,6-8,13H2,(H,14,15,16). The first-order chi connectivity index (χ1) is 8.29. The number of rotatable bonds is 5. The summed E-state index contributed by atoms with van der Waals surface area (Å²) in [5.74, 6) is 0.0354. The Morgan fingerprint density at radius 3 is 2.71 bits per heavy atom. The Labute approximate surface area is 98.6 Å². The molecule has 17 heavy (non-hydrogen) atoms. The van der Waals surface area contributed by atoms with Gasteiger partial charge < -0.3 is 5.73 Å². The number of hydrogen-bond donors (Lipinski definition) is 2. The van der Waals surface area contributed by atoms with Crippen LogP contribution in [0.15, 0.2) is 39.6 Å². The van der Waals surface area contributed by atoms with Crippen LogP contribution in [-0.4, -0.2) is 16.7 Å². The van der Waals surface area contributed by atoms with Gasteiger partial charge in [0.2, 0.25) is 0 Å². The molecule has 5 nitrogen and oxygen atoms in total. The molecule has 1 heterocycles. The molecule has 0 aliphatic heterocycles. The highest BCUT2D eigenvalue weighted by Gasteiger charge is 2.14. The van der Waals surface area contributed by atoms with Gasteiger partial charge in [0, 0.05) is 12.5 Å². The molecular formula is C12H15N3O2. The maximum absolute atomic E-state index is 10.9. The van der Waals surface area contributed by atoms with Gasteiger partial charge in [0.15, 0.2) is 5.82 Å². The second-order valence-corrected chi connectivity index (χ2v) is 3.94. The van der Waals surface area contributed by atoms with Crippen LogP contribution >= 0.6 is 0 Å². The van der Waals surface area contributed by atoms with Gasteiger partial charge in [-0.05, 0) is 18.4 Å². The molecule has 0 fully saturated rings. The Hall–Kier alpha value is -1.88. The molecule has 1 unspecified atom stereocenters. The van der Waals surface area contributed by atoms with Crippen LogP contribution in [0.1, 0.15) is 23.7 Å². The highest BCUT2D eigenvalue weighted by atomic mass is 16.5. The maximum atomic E-state index is 10.9. The van der Waals surface area contributed by atoms with Gasteiger partial charge in [-0.1, -0.05) is 35.5 Å². The molecule has 5 heteroatoms. The van der Waals surface area contributed by atoms with E-state index in [4.69, 9.17) is 5.73 Å². The fraction of sp³-hybridized carbons (Fsp3) is 0.333. The number of aromatic amines is 1. The number of nitrogens with one attached hydrogen (secondary N) is 1. The minimum Gasteiger partial charge on any atom is -0.330 e. The van der Waals surface area contributed by atoms with E-state index < -0.39 is 5.76 Å². The van der Waals surface area contributed by atoms with Crippen LogP contribution < -0.4 is 11.5 Å². The largest absolute Gasteiger partial charge is 0.438 e. The van der Waals surface area contributed by atoms with Crippen molar-refractivity contribution in [1.29, 1.82) is 0 Å². The number of aryl methyl sites for hydroxylation is 1. The molecule has 1 atom stereocenters. The third-order valence-corrected chi connectivity index (χ3v) is 2.75. The maximum Gasteiger partial charge on any atom is 0.438 e.